The number of ether oxygens (including phenoxy) is 1. The van der Waals surface area contributed by atoms with Gasteiger partial charge in [0.1, 0.15) is 18.3 Å². The lowest BCUT2D eigenvalue weighted by molar-refractivity contribution is -0.129. The minimum absolute atomic E-state index is 0.0110. The first-order valence-corrected chi connectivity index (χ1v) is 12.3. The van der Waals surface area contributed by atoms with Gasteiger partial charge in [0.25, 0.3) is 11.8 Å². The Kier molecular flexibility index (Phi) is 9.04. The second-order valence-electron chi connectivity index (χ2n) is 6.98. The number of imide groups is 1. The minimum Gasteiger partial charge on any atom is -0.492 e. The standard InChI is InChI=1S/C22H18ClN5O4S.C2H6/c1-14-19(21(30)28(26-14)20(29)15-3-5-16(23)6-4-15)13-32-17-7-9-18(10-8-17)33(31)27-22-24-11-2-12-25-22;1-2/h2-12,19H,13H2,1H3,(H,24,25,27);1-2H3. The van der Waals surface area contributed by atoms with E-state index in [0.29, 0.717) is 26.9 Å². The van der Waals surface area contributed by atoms with E-state index in [0.717, 1.165) is 5.01 Å². The van der Waals surface area contributed by atoms with E-state index in [-0.39, 0.29) is 12.6 Å². The smallest absolute Gasteiger partial charge is 0.281 e. The predicted octanol–water partition coefficient (Wildman–Crippen LogP) is 4.34. The number of benzene rings is 2. The molecule has 1 aliphatic heterocycles. The number of rotatable bonds is 7. The van der Waals surface area contributed by atoms with Crippen LogP contribution >= 0.6 is 11.6 Å². The van der Waals surface area contributed by atoms with E-state index < -0.39 is 28.7 Å². The van der Waals surface area contributed by atoms with Gasteiger partial charge in [-0.25, -0.2) is 14.2 Å². The number of nitrogens with one attached hydrogen (secondary N) is 1. The van der Waals surface area contributed by atoms with Crippen molar-refractivity contribution < 1.29 is 18.5 Å². The minimum atomic E-state index is -1.55. The molecule has 1 aliphatic rings. The Morgan fingerprint density at radius 2 is 1.71 bits per heavy atom. The quantitative estimate of drug-likeness (QED) is 0.470. The number of nitrogens with zero attached hydrogens (tertiary/aromatic N) is 4. The van der Waals surface area contributed by atoms with Crippen LogP contribution < -0.4 is 9.46 Å². The number of aromatic nitrogens is 2. The Bertz CT molecular complexity index is 1220. The maximum Gasteiger partial charge on any atom is 0.281 e. The summed E-state index contributed by atoms with van der Waals surface area (Å²) in [5, 5.41) is 5.46. The summed E-state index contributed by atoms with van der Waals surface area (Å²) in [6.07, 6.45) is 3.09. The normalized spacial score (nSPS) is 15.5. The monoisotopic (exact) mass is 513 g/mol. The van der Waals surface area contributed by atoms with Crippen LogP contribution in [0.3, 0.4) is 0 Å². The fourth-order valence-corrected chi connectivity index (χ4v) is 3.89. The van der Waals surface area contributed by atoms with Crippen molar-refractivity contribution in [3.63, 3.8) is 0 Å². The molecule has 35 heavy (non-hydrogen) atoms. The number of hydrogen-bond donors (Lipinski definition) is 1. The SMILES string of the molecule is CC.CC1=NN(C(=O)c2ccc(Cl)cc2)C(=O)C1COc1ccc(S(=O)Nc2ncccn2)cc1. The van der Waals surface area contributed by atoms with E-state index in [1.165, 1.54) is 12.1 Å². The number of carbonyl (C=O) groups is 2. The largest absolute Gasteiger partial charge is 0.492 e. The van der Waals surface area contributed by atoms with Gasteiger partial charge in [-0.05, 0) is 61.5 Å². The molecule has 2 atom stereocenters. The van der Waals surface area contributed by atoms with Gasteiger partial charge in [0.05, 0.1) is 10.6 Å². The van der Waals surface area contributed by atoms with Gasteiger partial charge in [0.2, 0.25) is 5.95 Å². The number of hydrazone groups is 1. The molecule has 11 heteroatoms. The first kappa shape index (κ1) is 26.0. The van der Waals surface area contributed by atoms with Crippen LogP contribution in [0.2, 0.25) is 5.02 Å². The van der Waals surface area contributed by atoms with Crippen molar-refractivity contribution in [2.75, 3.05) is 11.3 Å². The number of anilines is 1. The molecular formula is C24H24ClN5O4S. The first-order chi connectivity index (χ1) is 16.9. The number of carbonyl (C=O) groups excluding carboxylic acids is 2. The number of halogens is 1. The van der Waals surface area contributed by atoms with Gasteiger partial charge in [-0.1, -0.05) is 25.4 Å². The summed E-state index contributed by atoms with van der Waals surface area (Å²) in [6, 6.07) is 14.4. The van der Waals surface area contributed by atoms with Gasteiger partial charge >= 0.3 is 0 Å². The summed E-state index contributed by atoms with van der Waals surface area (Å²) in [5.74, 6) is -0.942. The van der Waals surface area contributed by atoms with Crippen LogP contribution in [-0.4, -0.2) is 43.3 Å². The molecule has 0 fully saturated rings. The Morgan fingerprint density at radius 3 is 2.34 bits per heavy atom. The molecular weight excluding hydrogens is 490 g/mol. The highest BCUT2D eigenvalue weighted by Gasteiger charge is 2.38. The van der Waals surface area contributed by atoms with Crippen LogP contribution in [0.15, 0.2) is 77.0 Å². The highest BCUT2D eigenvalue weighted by atomic mass is 35.5. The Morgan fingerprint density at radius 1 is 1.09 bits per heavy atom. The highest BCUT2D eigenvalue weighted by molar-refractivity contribution is 7.86. The van der Waals surface area contributed by atoms with Gasteiger partial charge in [-0.3, -0.25) is 14.3 Å². The fraction of sp³-hybridized carbons (Fsp3) is 0.208. The third-order valence-electron chi connectivity index (χ3n) is 4.76. The zero-order valence-electron chi connectivity index (χ0n) is 19.3. The third-order valence-corrected chi connectivity index (χ3v) is 6.08. The van der Waals surface area contributed by atoms with E-state index in [1.807, 2.05) is 13.8 Å². The first-order valence-electron chi connectivity index (χ1n) is 10.8. The van der Waals surface area contributed by atoms with Crippen molar-refractivity contribution in [3.05, 3.63) is 77.6 Å². The molecule has 0 bridgehead atoms. The molecule has 0 aliphatic carbocycles. The fourth-order valence-electron chi connectivity index (χ4n) is 2.99. The van der Waals surface area contributed by atoms with Gasteiger partial charge in [-0.15, -0.1) is 0 Å². The maximum absolute atomic E-state index is 12.8. The third kappa shape index (κ3) is 6.49. The molecule has 0 spiro atoms. The van der Waals surface area contributed by atoms with Gasteiger partial charge in [0, 0.05) is 23.0 Å². The summed E-state index contributed by atoms with van der Waals surface area (Å²) in [4.78, 5) is 33.8. The molecule has 4 rings (SSSR count). The summed E-state index contributed by atoms with van der Waals surface area (Å²) in [6.45, 7) is 5.68. The van der Waals surface area contributed by atoms with Crippen LogP contribution in [0.1, 0.15) is 31.1 Å². The lowest BCUT2D eigenvalue weighted by atomic mass is 10.1. The average Bonchev–Trinajstić information content (AvgIpc) is 3.17. The van der Waals surface area contributed by atoms with Gasteiger partial charge in [-0.2, -0.15) is 10.1 Å². The molecule has 2 aromatic carbocycles. The lowest BCUT2D eigenvalue weighted by Gasteiger charge is -2.14. The average molecular weight is 514 g/mol. The molecule has 0 radical (unpaired) electrons. The Hall–Kier alpha value is -3.63. The zero-order chi connectivity index (χ0) is 25.4. The van der Waals surface area contributed by atoms with Crippen molar-refractivity contribution in [2.45, 2.75) is 25.7 Å². The van der Waals surface area contributed by atoms with Gasteiger partial charge < -0.3 is 4.74 Å². The van der Waals surface area contributed by atoms with E-state index in [2.05, 4.69) is 19.8 Å². The Labute approximate surface area is 210 Å². The molecule has 0 saturated carbocycles. The molecule has 0 saturated heterocycles. The van der Waals surface area contributed by atoms with Crippen LogP contribution in [-0.2, 0) is 15.8 Å². The van der Waals surface area contributed by atoms with Crippen molar-refractivity contribution in [2.24, 2.45) is 11.0 Å². The second kappa shape index (κ2) is 12.2. The topological polar surface area (TPSA) is 114 Å². The maximum atomic E-state index is 12.8. The second-order valence-corrected chi connectivity index (χ2v) is 8.63. The highest BCUT2D eigenvalue weighted by Crippen LogP contribution is 2.22. The van der Waals surface area contributed by atoms with Crippen molar-refractivity contribution in [1.82, 2.24) is 15.0 Å². The van der Waals surface area contributed by atoms with E-state index in [1.54, 1.807) is 61.8 Å². The molecule has 2 amide bonds. The summed E-state index contributed by atoms with van der Waals surface area (Å²) in [5.41, 5.74) is 0.788. The number of amides is 2. The molecule has 2 heterocycles. The van der Waals surface area contributed by atoms with E-state index >= 15 is 0 Å². The molecule has 2 unspecified atom stereocenters. The Balaban J connectivity index is 0.00000167. The van der Waals surface area contributed by atoms with E-state index in [4.69, 9.17) is 16.3 Å². The molecule has 1 aromatic heterocycles. The molecule has 1 N–H and O–H groups in total. The van der Waals surface area contributed by atoms with Crippen LogP contribution in [0.4, 0.5) is 5.95 Å². The van der Waals surface area contributed by atoms with Crippen molar-refractivity contribution in [3.8, 4) is 5.75 Å². The summed E-state index contributed by atoms with van der Waals surface area (Å²) in [7, 11) is -1.55. The lowest BCUT2D eigenvalue weighted by Crippen LogP contribution is -2.35. The zero-order valence-corrected chi connectivity index (χ0v) is 20.9. The van der Waals surface area contributed by atoms with Gasteiger partial charge in [0.15, 0.2) is 11.0 Å². The van der Waals surface area contributed by atoms with Crippen LogP contribution in [0, 0.1) is 5.92 Å². The van der Waals surface area contributed by atoms with Crippen molar-refractivity contribution >= 4 is 46.1 Å². The number of hydrogen-bond acceptors (Lipinski definition) is 7. The molecule has 182 valence electrons. The summed E-state index contributed by atoms with van der Waals surface area (Å²) >= 11 is 5.85. The van der Waals surface area contributed by atoms with Crippen LogP contribution in [0.25, 0.3) is 0 Å². The predicted molar refractivity (Wildman–Crippen MR) is 135 cm³/mol. The van der Waals surface area contributed by atoms with Crippen LogP contribution in [0.5, 0.6) is 5.75 Å². The molecule has 9 nitrogen and oxygen atoms in total. The molecule has 3 aromatic rings. The van der Waals surface area contributed by atoms with E-state index in [9.17, 15) is 13.8 Å². The van der Waals surface area contributed by atoms with Crippen molar-refractivity contribution in [1.29, 1.82) is 0 Å². The summed E-state index contributed by atoms with van der Waals surface area (Å²) < 4.78 is 20.8.